The van der Waals surface area contributed by atoms with Crippen LogP contribution in [0, 0.1) is 0 Å². The van der Waals surface area contributed by atoms with Crippen LogP contribution in [-0.2, 0) is 4.79 Å². The van der Waals surface area contributed by atoms with Gasteiger partial charge in [-0.2, -0.15) is 0 Å². The fourth-order valence-electron chi connectivity index (χ4n) is 3.77. The van der Waals surface area contributed by atoms with Crippen LogP contribution in [0.2, 0.25) is 0 Å². The molecule has 0 aliphatic rings. The number of aromatic nitrogens is 2. The summed E-state index contributed by atoms with van der Waals surface area (Å²) in [5.41, 5.74) is 1.24. The standard InChI is InChI=1S/C27H24N2O6/c1-17(30)35-26-18(9-7-14-23(26)34-4)15-16-24-28-20-11-6-5-10-19(20)27(31)29(24)25-21(32-2)12-8-13-22(25)33-3/h5-16H,1-4H3. The lowest BCUT2D eigenvalue weighted by atomic mass is 10.1. The second-order valence-electron chi connectivity index (χ2n) is 7.44. The van der Waals surface area contributed by atoms with Crippen molar-refractivity contribution in [2.75, 3.05) is 21.3 Å². The molecule has 0 fully saturated rings. The van der Waals surface area contributed by atoms with Gasteiger partial charge in [0, 0.05) is 12.5 Å². The number of esters is 1. The summed E-state index contributed by atoms with van der Waals surface area (Å²) in [5.74, 6) is 1.40. The number of carbonyl (C=O) groups is 1. The molecule has 0 radical (unpaired) electrons. The molecular formula is C27H24N2O6. The Labute approximate surface area is 202 Å². The van der Waals surface area contributed by atoms with Crippen molar-refractivity contribution in [3.63, 3.8) is 0 Å². The summed E-state index contributed by atoms with van der Waals surface area (Å²) in [6.07, 6.45) is 3.37. The number of benzene rings is 3. The van der Waals surface area contributed by atoms with E-state index in [0.717, 1.165) is 0 Å². The van der Waals surface area contributed by atoms with Crippen molar-refractivity contribution in [1.29, 1.82) is 0 Å². The van der Waals surface area contributed by atoms with Crippen LogP contribution in [-0.4, -0.2) is 36.8 Å². The molecule has 0 N–H and O–H groups in total. The highest BCUT2D eigenvalue weighted by atomic mass is 16.6. The van der Waals surface area contributed by atoms with Crippen LogP contribution in [0.4, 0.5) is 0 Å². The average Bonchev–Trinajstić information content (AvgIpc) is 2.87. The van der Waals surface area contributed by atoms with Gasteiger partial charge in [-0.3, -0.25) is 14.2 Å². The first kappa shape index (κ1) is 23.6. The Morgan fingerprint density at radius 2 is 1.46 bits per heavy atom. The van der Waals surface area contributed by atoms with Crippen LogP contribution in [0.25, 0.3) is 28.7 Å². The maximum atomic E-state index is 13.7. The lowest BCUT2D eigenvalue weighted by molar-refractivity contribution is -0.132. The molecule has 1 aromatic heterocycles. The van der Waals surface area contributed by atoms with Gasteiger partial charge in [0.05, 0.1) is 32.2 Å². The molecule has 0 spiro atoms. The number of rotatable bonds is 7. The zero-order chi connectivity index (χ0) is 24.9. The summed E-state index contributed by atoms with van der Waals surface area (Å²) >= 11 is 0. The number of methoxy groups -OCH3 is 3. The number of nitrogens with zero attached hydrogens (tertiary/aromatic N) is 2. The van der Waals surface area contributed by atoms with E-state index < -0.39 is 5.97 Å². The van der Waals surface area contributed by atoms with Gasteiger partial charge >= 0.3 is 5.97 Å². The third-order valence-corrected chi connectivity index (χ3v) is 5.31. The summed E-state index contributed by atoms with van der Waals surface area (Å²) in [6, 6.07) is 17.6. The monoisotopic (exact) mass is 472 g/mol. The molecule has 1 heterocycles. The van der Waals surface area contributed by atoms with Gasteiger partial charge < -0.3 is 18.9 Å². The van der Waals surface area contributed by atoms with E-state index in [9.17, 15) is 9.59 Å². The van der Waals surface area contributed by atoms with Crippen LogP contribution in [0.1, 0.15) is 18.3 Å². The summed E-state index contributed by atoms with van der Waals surface area (Å²) in [4.78, 5) is 30.1. The Bertz CT molecular complexity index is 1470. The van der Waals surface area contributed by atoms with Crippen molar-refractivity contribution in [3.05, 3.63) is 82.4 Å². The maximum Gasteiger partial charge on any atom is 0.308 e. The molecule has 35 heavy (non-hydrogen) atoms. The Morgan fingerprint density at radius 1 is 0.829 bits per heavy atom. The SMILES string of the molecule is COc1cccc(C=Cc2nc3ccccc3c(=O)n2-c2c(OC)cccc2OC)c1OC(C)=O. The minimum absolute atomic E-state index is 0.267. The number of para-hydroxylation sites is 3. The highest BCUT2D eigenvalue weighted by Crippen LogP contribution is 2.34. The van der Waals surface area contributed by atoms with Gasteiger partial charge in [0.25, 0.3) is 5.56 Å². The van der Waals surface area contributed by atoms with Crippen molar-refractivity contribution >= 4 is 29.0 Å². The molecule has 0 saturated heterocycles. The fourth-order valence-corrected chi connectivity index (χ4v) is 3.77. The molecule has 3 aromatic carbocycles. The first-order valence-corrected chi connectivity index (χ1v) is 10.7. The third-order valence-electron chi connectivity index (χ3n) is 5.31. The van der Waals surface area contributed by atoms with Crippen LogP contribution in [0.3, 0.4) is 0 Å². The van der Waals surface area contributed by atoms with E-state index in [1.54, 1.807) is 66.7 Å². The number of ether oxygens (including phenoxy) is 4. The van der Waals surface area contributed by atoms with E-state index in [-0.39, 0.29) is 11.3 Å². The van der Waals surface area contributed by atoms with Gasteiger partial charge in [-0.1, -0.05) is 30.3 Å². The Morgan fingerprint density at radius 3 is 2.11 bits per heavy atom. The quantitative estimate of drug-likeness (QED) is 0.289. The molecule has 0 bridgehead atoms. The first-order valence-electron chi connectivity index (χ1n) is 10.7. The molecule has 4 rings (SSSR count). The van der Waals surface area contributed by atoms with Crippen LogP contribution in [0.15, 0.2) is 65.5 Å². The van der Waals surface area contributed by atoms with E-state index in [0.29, 0.717) is 45.2 Å². The molecule has 0 atom stereocenters. The topological polar surface area (TPSA) is 88.9 Å². The summed E-state index contributed by atoms with van der Waals surface area (Å²) < 4.78 is 23.3. The second kappa shape index (κ2) is 10.1. The molecule has 8 nitrogen and oxygen atoms in total. The summed E-state index contributed by atoms with van der Waals surface area (Å²) in [5, 5.41) is 0.444. The predicted octanol–water partition coefficient (Wildman–Crippen LogP) is 4.51. The summed E-state index contributed by atoms with van der Waals surface area (Å²) in [6.45, 7) is 1.32. The van der Waals surface area contributed by atoms with Crippen LogP contribution in [0.5, 0.6) is 23.0 Å². The second-order valence-corrected chi connectivity index (χ2v) is 7.44. The van der Waals surface area contributed by atoms with E-state index in [4.69, 9.17) is 23.9 Å². The molecule has 0 aliphatic heterocycles. The van der Waals surface area contributed by atoms with Crippen LogP contribution < -0.4 is 24.5 Å². The van der Waals surface area contributed by atoms with E-state index in [1.807, 2.05) is 6.07 Å². The highest BCUT2D eigenvalue weighted by molar-refractivity contribution is 5.82. The smallest absolute Gasteiger partial charge is 0.308 e. The molecule has 4 aromatic rings. The van der Waals surface area contributed by atoms with Gasteiger partial charge in [-0.25, -0.2) is 4.98 Å². The zero-order valence-corrected chi connectivity index (χ0v) is 19.8. The number of carbonyl (C=O) groups excluding carboxylic acids is 1. The summed E-state index contributed by atoms with van der Waals surface area (Å²) in [7, 11) is 4.54. The van der Waals surface area contributed by atoms with Gasteiger partial charge in [-0.15, -0.1) is 0 Å². The first-order chi connectivity index (χ1) is 17.0. The molecule has 8 heteroatoms. The average molecular weight is 472 g/mol. The van der Waals surface area contributed by atoms with Gasteiger partial charge in [0.1, 0.15) is 23.0 Å². The van der Waals surface area contributed by atoms with Crippen molar-refractivity contribution < 1.29 is 23.7 Å². The molecule has 0 saturated carbocycles. The van der Waals surface area contributed by atoms with Crippen molar-refractivity contribution in [3.8, 4) is 28.7 Å². The minimum Gasteiger partial charge on any atom is -0.494 e. The Balaban J connectivity index is 2.00. The van der Waals surface area contributed by atoms with Crippen molar-refractivity contribution in [2.24, 2.45) is 0 Å². The molecule has 0 unspecified atom stereocenters. The number of hydrogen-bond donors (Lipinski definition) is 0. The highest BCUT2D eigenvalue weighted by Gasteiger charge is 2.19. The number of fused-ring (bicyclic) bond motifs is 1. The van der Waals surface area contributed by atoms with Gasteiger partial charge in [0.15, 0.2) is 11.5 Å². The third kappa shape index (κ3) is 4.59. The van der Waals surface area contributed by atoms with Crippen LogP contribution >= 0.6 is 0 Å². The molecular weight excluding hydrogens is 448 g/mol. The van der Waals surface area contributed by atoms with E-state index in [1.165, 1.54) is 32.8 Å². The molecule has 0 aliphatic carbocycles. The van der Waals surface area contributed by atoms with Gasteiger partial charge in [-0.05, 0) is 42.5 Å². The normalized spacial score (nSPS) is 11.0. The van der Waals surface area contributed by atoms with E-state index >= 15 is 0 Å². The number of hydrogen-bond acceptors (Lipinski definition) is 7. The lowest BCUT2D eigenvalue weighted by Gasteiger charge is -2.17. The van der Waals surface area contributed by atoms with Crippen molar-refractivity contribution in [2.45, 2.75) is 6.92 Å². The largest absolute Gasteiger partial charge is 0.494 e. The fraction of sp³-hybridized carbons (Fsp3) is 0.148. The molecule has 178 valence electrons. The molecule has 0 amide bonds. The van der Waals surface area contributed by atoms with Crippen molar-refractivity contribution in [1.82, 2.24) is 9.55 Å². The Kier molecular flexibility index (Phi) is 6.82. The maximum absolute atomic E-state index is 13.7. The predicted molar refractivity (Wildman–Crippen MR) is 134 cm³/mol. The minimum atomic E-state index is -0.483. The van der Waals surface area contributed by atoms with E-state index in [2.05, 4.69) is 0 Å². The lowest BCUT2D eigenvalue weighted by Crippen LogP contribution is -2.23. The van der Waals surface area contributed by atoms with Gasteiger partial charge in [0.2, 0.25) is 0 Å². The Hall–Kier alpha value is -4.59. The zero-order valence-electron chi connectivity index (χ0n) is 19.8.